The molecule has 0 fully saturated rings. The van der Waals surface area contributed by atoms with Crippen LogP contribution in [0.4, 0.5) is 0 Å². The van der Waals surface area contributed by atoms with Crippen molar-refractivity contribution in [3.05, 3.63) is 18.2 Å². The first-order valence-corrected chi connectivity index (χ1v) is 9.58. The number of nitrogens with zero attached hydrogens (tertiary/aromatic N) is 1. The number of hydrogen-bond acceptors (Lipinski definition) is 7. The van der Waals surface area contributed by atoms with Crippen LogP contribution < -0.4 is 21.7 Å². The van der Waals surface area contributed by atoms with Crippen LogP contribution in [-0.4, -0.2) is 74.6 Å². The van der Waals surface area contributed by atoms with Gasteiger partial charge in [-0.2, -0.15) is 0 Å². The van der Waals surface area contributed by atoms with Crippen LogP contribution in [0.2, 0.25) is 0 Å². The molecule has 12 heteroatoms. The van der Waals surface area contributed by atoms with Crippen LogP contribution in [0, 0.1) is 5.92 Å². The van der Waals surface area contributed by atoms with Crippen LogP contribution in [0.1, 0.15) is 32.9 Å². The van der Waals surface area contributed by atoms with Gasteiger partial charge in [-0.1, -0.05) is 20.3 Å². The summed E-state index contributed by atoms with van der Waals surface area (Å²) in [6.07, 6.45) is 3.68. The number of nitrogens with one attached hydrogen (secondary N) is 4. The number of amides is 3. The van der Waals surface area contributed by atoms with E-state index in [1.807, 2.05) is 13.8 Å². The SMILES string of the molecule is CCC(C)C(N)C(=O)NC(Cc1cnc[nH]1)C(=O)NC(C)C(=O)NC(CO)C(=O)O. The maximum absolute atomic E-state index is 12.7. The summed E-state index contributed by atoms with van der Waals surface area (Å²) < 4.78 is 0. The quantitative estimate of drug-likeness (QED) is 0.196. The van der Waals surface area contributed by atoms with Crippen molar-refractivity contribution < 1.29 is 29.4 Å². The Morgan fingerprint density at radius 2 is 1.73 bits per heavy atom. The lowest BCUT2D eigenvalue weighted by molar-refractivity contribution is -0.143. The van der Waals surface area contributed by atoms with Crippen molar-refractivity contribution in [3.8, 4) is 0 Å². The van der Waals surface area contributed by atoms with E-state index in [1.165, 1.54) is 19.4 Å². The molecule has 0 aliphatic rings. The number of carbonyl (C=O) groups is 4. The standard InChI is InChI=1S/C18H30N6O6/c1-4-9(2)14(19)17(28)23-12(5-11-6-20-8-21-11)16(27)22-10(3)15(26)24-13(7-25)18(29)30/h6,8-10,12-14,25H,4-5,7,19H2,1-3H3,(H,20,21)(H,22,27)(H,23,28)(H,24,26)(H,29,30). The highest BCUT2D eigenvalue weighted by atomic mass is 16.4. The van der Waals surface area contributed by atoms with Gasteiger partial charge in [-0.25, -0.2) is 9.78 Å². The lowest BCUT2D eigenvalue weighted by atomic mass is 9.98. The Morgan fingerprint density at radius 3 is 2.23 bits per heavy atom. The number of aliphatic hydroxyl groups is 1. The molecule has 0 aliphatic heterocycles. The third-order valence-electron chi connectivity index (χ3n) is 4.72. The fourth-order valence-corrected chi connectivity index (χ4v) is 2.47. The zero-order valence-corrected chi connectivity index (χ0v) is 17.2. The highest BCUT2D eigenvalue weighted by molar-refractivity contribution is 5.94. The van der Waals surface area contributed by atoms with Crippen LogP contribution in [0.25, 0.3) is 0 Å². The topological polar surface area (TPSA) is 200 Å². The van der Waals surface area contributed by atoms with Crippen molar-refractivity contribution in [2.45, 2.75) is 57.8 Å². The van der Waals surface area contributed by atoms with Gasteiger partial charge in [-0.05, 0) is 12.8 Å². The van der Waals surface area contributed by atoms with E-state index in [-0.39, 0.29) is 12.3 Å². The lowest BCUT2D eigenvalue weighted by Crippen LogP contribution is -2.57. The first-order valence-electron chi connectivity index (χ1n) is 9.58. The molecule has 0 radical (unpaired) electrons. The van der Waals surface area contributed by atoms with E-state index in [9.17, 15) is 19.2 Å². The number of H-pyrrole nitrogens is 1. The second-order valence-electron chi connectivity index (χ2n) is 7.07. The third-order valence-corrected chi connectivity index (χ3v) is 4.72. The van der Waals surface area contributed by atoms with Gasteiger partial charge in [0.2, 0.25) is 17.7 Å². The Bertz CT molecular complexity index is 725. The molecule has 0 saturated heterocycles. The number of carboxylic acid groups (broad SMARTS) is 1. The minimum Gasteiger partial charge on any atom is -0.480 e. The van der Waals surface area contributed by atoms with Crippen molar-refractivity contribution in [1.29, 1.82) is 0 Å². The number of hydrogen-bond donors (Lipinski definition) is 7. The molecule has 1 heterocycles. The summed E-state index contributed by atoms with van der Waals surface area (Å²) >= 11 is 0. The Hall–Kier alpha value is -2.99. The summed E-state index contributed by atoms with van der Waals surface area (Å²) in [7, 11) is 0. The van der Waals surface area contributed by atoms with Gasteiger partial charge in [0.1, 0.15) is 18.1 Å². The van der Waals surface area contributed by atoms with Crippen LogP contribution in [0.5, 0.6) is 0 Å². The van der Waals surface area contributed by atoms with Crippen LogP contribution >= 0.6 is 0 Å². The molecule has 1 aromatic heterocycles. The number of rotatable bonds is 12. The second kappa shape index (κ2) is 11.9. The van der Waals surface area contributed by atoms with Crippen molar-refractivity contribution in [3.63, 3.8) is 0 Å². The Labute approximate surface area is 174 Å². The van der Waals surface area contributed by atoms with E-state index in [4.69, 9.17) is 15.9 Å². The number of aromatic nitrogens is 2. The molecule has 3 amide bonds. The predicted octanol–water partition coefficient (Wildman–Crippen LogP) is -2.12. The monoisotopic (exact) mass is 426 g/mol. The normalized spacial score (nSPS) is 15.9. The molecule has 0 saturated carbocycles. The van der Waals surface area contributed by atoms with Gasteiger partial charge in [-0.15, -0.1) is 0 Å². The maximum atomic E-state index is 12.7. The lowest BCUT2D eigenvalue weighted by Gasteiger charge is -2.24. The maximum Gasteiger partial charge on any atom is 0.328 e. The minimum absolute atomic E-state index is 0.0769. The largest absolute Gasteiger partial charge is 0.480 e. The number of aliphatic hydroxyl groups excluding tert-OH is 1. The first kappa shape index (κ1) is 25.0. The van der Waals surface area contributed by atoms with Gasteiger partial charge < -0.3 is 36.9 Å². The number of imidazole rings is 1. The number of aliphatic carboxylic acids is 1. The molecule has 30 heavy (non-hydrogen) atoms. The number of carbonyl (C=O) groups excluding carboxylic acids is 3. The summed E-state index contributed by atoms with van der Waals surface area (Å²) in [5.74, 6) is -3.47. The molecule has 0 aliphatic carbocycles. The van der Waals surface area contributed by atoms with E-state index in [0.717, 1.165) is 0 Å². The second-order valence-corrected chi connectivity index (χ2v) is 7.07. The van der Waals surface area contributed by atoms with Crippen LogP contribution in [-0.2, 0) is 25.6 Å². The highest BCUT2D eigenvalue weighted by Gasteiger charge is 2.29. The van der Waals surface area contributed by atoms with Crippen molar-refractivity contribution in [1.82, 2.24) is 25.9 Å². The van der Waals surface area contributed by atoms with Gasteiger partial charge >= 0.3 is 5.97 Å². The molecule has 0 aromatic carbocycles. The average molecular weight is 426 g/mol. The van der Waals surface area contributed by atoms with Gasteiger partial charge in [-0.3, -0.25) is 14.4 Å². The Balaban J connectivity index is 2.85. The van der Waals surface area contributed by atoms with E-state index < -0.39 is 54.5 Å². The van der Waals surface area contributed by atoms with E-state index in [0.29, 0.717) is 12.1 Å². The number of nitrogens with two attached hydrogens (primary N) is 1. The summed E-state index contributed by atoms with van der Waals surface area (Å²) in [6.45, 7) is 4.27. The number of aromatic amines is 1. The summed E-state index contributed by atoms with van der Waals surface area (Å²) in [6, 6.07) is -4.47. The van der Waals surface area contributed by atoms with Gasteiger partial charge in [0.25, 0.3) is 0 Å². The molecule has 1 rings (SSSR count). The molecule has 168 valence electrons. The first-order chi connectivity index (χ1) is 14.1. The zero-order chi connectivity index (χ0) is 22.8. The molecular weight excluding hydrogens is 396 g/mol. The van der Waals surface area contributed by atoms with Crippen molar-refractivity contribution in [2.24, 2.45) is 11.7 Å². The Kier molecular flexibility index (Phi) is 9.92. The van der Waals surface area contributed by atoms with E-state index >= 15 is 0 Å². The predicted molar refractivity (Wildman–Crippen MR) is 106 cm³/mol. The van der Waals surface area contributed by atoms with Gasteiger partial charge in [0.15, 0.2) is 0 Å². The summed E-state index contributed by atoms with van der Waals surface area (Å²) in [5, 5.41) is 25.0. The molecule has 8 N–H and O–H groups in total. The molecule has 12 nitrogen and oxygen atoms in total. The molecule has 5 atom stereocenters. The summed E-state index contributed by atoms with van der Waals surface area (Å²) in [5.41, 5.74) is 6.51. The fourth-order valence-electron chi connectivity index (χ4n) is 2.47. The molecule has 0 bridgehead atoms. The third kappa shape index (κ3) is 7.44. The van der Waals surface area contributed by atoms with Crippen molar-refractivity contribution in [2.75, 3.05) is 6.61 Å². The minimum atomic E-state index is -1.49. The highest BCUT2D eigenvalue weighted by Crippen LogP contribution is 2.07. The Morgan fingerprint density at radius 1 is 1.10 bits per heavy atom. The fraction of sp³-hybridized carbons (Fsp3) is 0.611. The smallest absolute Gasteiger partial charge is 0.328 e. The van der Waals surface area contributed by atoms with Gasteiger partial charge in [0.05, 0.1) is 19.0 Å². The summed E-state index contributed by atoms with van der Waals surface area (Å²) in [4.78, 5) is 54.9. The van der Waals surface area contributed by atoms with Crippen molar-refractivity contribution >= 4 is 23.7 Å². The van der Waals surface area contributed by atoms with Crippen LogP contribution in [0.15, 0.2) is 12.5 Å². The molecular formula is C18H30N6O6. The molecule has 0 spiro atoms. The van der Waals surface area contributed by atoms with E-state index in [1.54, 1.807) is 0 Å². The zero-order valence-electron chi connectivity index (χ0n) is 17.2. The number of carboxylic acids is 1. The van der Waals surface area contributed by atoms with Crippen LogP contribution in [0.3, 0.4) is 0 Å². The van der Waals surface area contributed by atoms with E-state index in [2.05, 4.69) is 25.9 Å². The van der Waals surface area contributed by atoms with Gasteiger partial charge in [0, 0.05) is 18.3 Å². The molecule has 5 unspecified atom stereocenters. The molecule has 1 aromatic rings. The average Bonchev–Trinajstić information content (AvgIpc) is 3.22.